The highest BCUT2D eigenvalue weighted by molar-refractivity contribution is 7.99. The van der Waals surface area contributed by atoms with Gasteiger partial charge >= 0.3 is 0 Å². The van der Waals surface area contributed by atoms with Gasteiger partial charge in [-0.2, -0.15) is 4.68 Å². The Morgan fingerprint density at radius 2 is 2.20 bits per heavy atom. The lowest BCUT2D eigenvalue weighted by atomic mass is 10.3. The molecular formula is C13H11N7O3S2. The summed E-state index contributed by atoms with van der Waals surface area (Å²) >= 11 is 2.53. The van der Waals surface area contributed by atoms with Crippen molar-refractivity contribution in [3.05, 3.63) is 23.2 Å². The number of carbonyl (C=O) groups is 1. The summed E-state index contributed by atoms with van der Waals surface area (Å²) in [7, 11) is 0. The second kappa shape index (κ2) is 6.64. The van der Waals surface area contributed by atoms with Crippen molar-refractivity contribution in [3.63, 3.8) is 0 Å². The molecule has 25 heavy (non-hydrogen) atoms. The number of hydrogen-bond donors (Lipinski definition) is 1. The average molecular weight is 377 g/mol. The van der Waals surface area contributed by atoms with E-state index in [0.29, 0.717) is 21.8 Å². The monoisotopic (exact) mass is 377 g/mol. The molecule has 1 aromatic carbocycles. The first kappa shape index (κ1) is 15.8. The first-order chi connectivity index (χ1) is 12.2. The number of rotatable bonds is 5. The lowest BCUT2D eigenvalue weighted by Gasteiger charge is -2.05. The van der Waals surface area contributed by atoms with Gasteiger partial charge in [0.05, 0.1) is 11.4 Å². The number of tetrazole rings is 1. The van der Waals surface area contributed by atoms with Gasteiger partial charge in [0.2, 0.25) is 23.0 Å². The molecule has 0 spiro atoms. The molecule has 1 aliphatic heterocycles. The van der Waals surface area contributed by atoms with Crippen molar-refractivity contribution in [2.75, 3.05) is 17.9 Å². The normalized spacial score (nSPS) is 12.4. The van der Waals surface area contributed by atoms with Gasteiger partial charge < -0.3 is 9.47 Å². The smallest absolute Gasteiger partial charge is 0.236 e. The summed E-state index contributed by atoms with van der Waals surface area (Å²) in [6.07, 6.45) is 0. The highest BCUT2D eigenvalue weighted by Gasteiger charge is 2.17. The summed E-state index contributed by atoms with van der Waals surface area (Å²) in [5.41, 5.74) is 0.719. The highest BCUT2D eigenvalue weighted by Crippen LogP contribution is 2.34. The summed E-state index contributed by atoms with van der Waals surface area (Å²) in [5.74, 6) is 1.25. The van der Waals surface area contributed by atoms with Crippen molar-refractivity contribution >= 4 is 34.1 Å². The van der Waals surface area contributed by atoms with Crippen LogP contribution < -0.4 is 14.8 Å². The summed E-state index contributed by atoms with van der Waals surface area (Å²) in [4.78, 5) is 12.0. The van der Waals surface area contributed by atoms with Crippen LogP contribution >= 0.6 is 23.1 Å². The van der Waals surface area contributed by atoms with Gasteiger partial charge in [0.1, 0.15) is 5.01 Å². The molecule has 0 atom stereocenters. The van der Waals surface area contributed by atoms with Gasteiger partial charge in [0.25, 0.3) is 0 Å². The molecule has 0 bridgehead atoms. The number of ether oxygens (including phenoxy) is 2. The molecule has 0 saturated heterocycles. The molecule has 0 aliphatic carbocycles. The summed E-state index contributed by atoms with van der Waals surface area (Å²) in [6, 6.07) is 5.39. The molecule has 0 fully saturated rings. The molecule has 3 aromatic rings. The van der Waals surface area contributed by atoms with E-state index in [9.17, 15) is 4.79 Å². The van der Waals surface area contributed by atoms with Crippen LogP contribution in [0.5, 0.6) is 11.5 Å². The Morgan fingerprint density at radius 1 is 1.32 bits per heavy atom. The second-order valence-electron chi connectivity index (χ2n) is 4.87. The quantitative estimate of drug-likeness (QED) is 0.656. The minimum Gasteiger partial charge on any atom is -0.454 e. The van der Waals surface area contributed by atoms with Crippen LogP contribution in [0.4, 0.5) is 5.13 Å². The molecule has 10 nitrogen and oxygen atoms in total. The van der Waals surface area contributed by atoms with Crippen LogP contribution in [0.3, 0.4) is 0 Å². The molecule has 128 valence electrons. The number of nitrogens with zero attached hydrogens (tertiary/aromatic N) is 6. The van der Waals surface area contributed by atoms with E-state index in [1.165, 1.54) is 27.8 Å². The van der Waals surface area contributed by atoms with Crippen LogP contribution in [0.25, 0.3) is 5.69 Å². The minimum absolute atomic E-state index is 0.142. The number of anilines is 1. The van der Waals surface area contributed by atoms with E-state index in [1.54, 1.807) is 12.1 Å². The highest BCUT2D eigenvalue weighted by atomic mass is 32.2. The van der Waals surface area contributed by atoms with Crippen molar-refractivity contribution in [2.45, 2.75) is 12.1 Å². The van der Waals surface area contributed by atoms with Gasteiger partial charge in [0, 0.05) is 6.07 Å². The molecule has 1 aliphatic rings. The molecular weight excluding hydrogens is 366 g/mol. The van der Waals surface area contributed by atoms with Gasteiger partial charge in [-0.25, -0.2) is 0 Å². The summed E-state index contributed by atoms with van der Waals surface area (Å²) in [6.45, 7) is 2.02. The maximum Gasteiger partial charge on any atom is 0.236 e. The Bertz CT molecular complexity index is 926. The number of amides is 1. The SMILES string of the molecule is Cc1nnc(NC(=O)CSc2nnnn2-c2ccc3c(c2)OCO3)s1. The number of aromatic nitrogens is 6. The molecule has 2 aromatic heterocycles. The van der Waals surface area contributed by atoms with E-state index in [0.717, 1.165) is 10.7 Å². The fourth-order valence-electron chi connectivity index (χ4n) is 2.08. The Labute approximate surface area is 149 Å². The minimum atomic E-state index is -0.207. The second-order valence-corrected chi connectivity index (χ2v) is 7.00. The maximum atomic E-state index is 12.0. The van der Waals surface area contributed by atoms with Gasteiger partial charge in [-0.05, 0) is 29.5 Å². The molecule has 1 amide bonds. The van der Waals surface area contributed by atoms with E-state index in [-0.39, 0.29) is 18.5 Å². The number of benzene rings is 1. The average Bonchev–Trinajstić information content (AvgIpc) is 3.32. The van der Waals surface area contributed by atoms with Crippen LogP contribution in [0.2, 0.25) is 0 Å². The number of aryl methyl sites for hydroxylation is 1. The van der Waals surface area contributed by atoms with Crippen molar-refractivity contribution in [2.24, 2.45) is 0 Å². The summed E-state index contributed by atoms with van der Waals surface area (Å²) in [5, 5.41) is 23.7. The third kappa shape index (κ3) is 3.39. The fraction of sp³-hybridized carbons (Fsp3) is 0.231. The molecule has 0 unspecified atom stereocenters. The number of fused-ring (bicyclic) bond motifs is 1. The van der Waals surface area contributed by atoms with Crippen molar-refractivity contribution in [3.8, 4) is 17.2 Å². The number of nitrogens with one attached hydrogen (secondary N) is 1. The van der Waals surface area contributed by atoms with Crippen molar-refractivity contribution in [1.82, 2.24) is 30.4 Å². The van der Waals surface area contributed by atoms with Gasteiger partial charge in [0.15, 0.2) is 11.5 Å². The number of thioether (sulfide) groups is 1. The number of hydrogen-bond acceptors (Lipinski definition) is 10. The van der Waals surface area contributed by atoms with E-state index in [1.807, 2.05) is 13.0 Å². The first-order valence-electron chi connectivity index (χ1n) is 7.10. The molecule has 12 heteroatoms. The van der Waals surface area contributed by atoms with Crippen LogP contribution in [0.15, 0.2) is 23.4 Å². The maximum absolute atomic E-state index is 12.0. The zero-order valence-corrected chi connectivity index (χ0v) is 14.5. The lowest BCUT2D eigenvalue weighted by Crippen LogP contribution is -2.14. The van der Waals surface area contributed by atoms with Gasteiger partial charge in [-0.3, -0.25) is 10.1 Å². The molecule has 4 rings (SSSR count). The van der Waals surface area contributed by atoms with Crippen LogP contribution in [-0.4, -0.2) is 48.9 Å². The van der Waals surface area contributed by atoms with Crippen molar-refractivity contribution in [1.29, 1.82) is 0 Å². The lowest BCUT2D eigenvalue weighted by molar-refractivity contribution is -0.113. The zero-order valence-electron chi connectivity index (χ0n) is 12.9. The third-order valence-electron chi connectivity index (χ3n) is 3.15. The standard InChI is InChI=1S/C13H11N7O3S2/c1-7-15-16-12(25-7)14-11(21)5-24-13-17-18-19-20(13)8-2-3-9-10(4-8)23-6-22-9/h2-4H,5-6H2,1H3,(H,14,16,21). The Morgan fingerprint density at radius 3 is 3.04 bits per heavy atom. The predicted octanol–water partition coefficient (Wildman–Crippen LogP) is 1.28. The Kier molecular flexibility index (Phi) is 4.19. The molecule has 0 radical (unpaired) electrons. The molecule has 0 saturated carbocycles. The van der Waals surface area contributed by atoms with Gasteiger partial charge in [-0.15, -0.1) is 15.3 Å². The Balaban J connectivity index is 1.44. The van der Waals surface area contributed by atoms with Crippen LogP contribution in [-0.2, 0) is 4.79 Å². The molecule has 1 N–H and O–H groups in total. The summed E-state index contributed by atoms with van der Waals surface area (Å²) < 4.78 is 12.2. The zero-order chi connectivity index (χ0) is 17.2. The molecule has 3 heterocycles. The van der Waals surface area contributed by atoms with E-state index < -0.39 is 0 Å². The van der Waals surface area contributed by atoms with Crippen LogP contribution in [0, 0.1) is 6.92 Å². The van der Waals surface area contributed by atoms with Crippen LogP contribution in [0.1, 0.15) is 5.01 Å². The van der Waals surface area contributed by atoms with E-state index >= 15 is 0 Å². The fourth-order valence-corrected chi connectivity index (χ4v) is 3.38. The predicted molar refractivity (Wildman–Crippen MR) is 89.3 cm³/mol. The topological polar surface area (TPSA) is 117 Å². The largest absolute Gasteiger partial charge is 0.454 e. The third-order valence-corrected chi connectivity index (χ3v) is 4.82. The van der Waals surface area contributed by atoms with E-state index in [4.69, 9.17) is 9.47 Å². The van der Waals surface area contributed by atoms with Gasteiger partial charge in [-0.1, -0.05) is 23.1 Å². The number of carbonyl (C=O) groups excluding carboxylic acids is 1. The van der Waals surface area contributed by atoms with Crippen molar-refractivity contribution < 1.29 is 14.3 Å². The first-order valence-corrected chi connectivity index (χ1v) is 8.90. The Hall–Kier alpha value is -2.73. The van der Waals surface area contributed by atoms with E-state index in [2.05, 4.69) is 31.0 Å².